The Morgan fingerprint density at radius 2 is 1.92 bits per heavy atom. The summed E-state index contributed by atoms with van der Waals surface area (Å²) in [6, 6.07) is 0.704. The number of aromatic nitrogens is 2. The van der Waals surface area contributed by atoms with Gasteiger partial charge in [-0.1, -0.05) is 19.3 Å². The number of nitrogens with zero attached hydrogens (tertiary/aromatic N) is 3. The maximum absolute atomic E-state index is 9.15. The van der Waals surface area contributed by atoms with Gasteiger partial charge in [0.2, 0.25) is 0 Å². The first-order chi connectivity index (χ1) is 12.2. The van der Waals surface area contributed by atoms with E-state index < -0.39 is 0 Å². The quantitative estimate of drug-likeness (QED) is 0.758. The Kier molecular flexibility index (Phi) is 6.91. The average molecular weight is 349 g/mol. The van der Waals surface area contributed by atoms with Crippen LogP contribution in [0.5, 0.6) is 0 Å². The van der Waals surface area contributed by atoms with Gasteiger partial charge in [-0.25, -0.2) is 0 Å². The zero-order chi connectivity index (χ0) is 17.6. The second kappa shape index (κ2) is 9.15. The number of aliphatic hydroxyl groups excluding tert-OH is 1. The molecular weight excluding hydrogens is 312 g/mol. The van der Waals surface area contributed by atoms with Crippen molar-refractivity contribution in [3.63, 3.8) is 0 Å². The summed E-state index contributed by atoms with van der Waals surface area (Å²) in [5.41, 5.74) is 3.57. The molecule has 1 aliphatic carbocycles. The summed E-state index contributed by atoms with van der Waals surface area (Å²) in [7, 11) is 0. The topological polar surface area (TPSA) is 53.3 Å². The molecule has 1 aliphatic heterocycles. The molecule has 1 aromatic heterocycles. The summed E-state index contributed by atoms with van der Waals surface area (Å²) in [4.78, 5) is 2.75. The molecule has 0 radical (unpaired) electrons. The van der Waals surface area contributed by atoms with E-state index in [-0.39, 0.29) is 6.61 Å². The molecule has 0 aromatic carbocycles. The first kappa shape index (κ1) is 18.9. The molecular formula is C20H36N4O. The van der Waals surface area contributed by atoms with Gasteiger partial charge in [0, 0.05) is 36.9 Å². The van der Waals surface area contributed by atoms with Crippen molar-refractivity contribution in [2.45, 2.75) is 77.9 Å². The molecule has 5 nitrogen and oxygen atoms in total. The predicted molar refractivity (Wildman–Crippen MR) is 102 cm³/mol. The highest BCUT2D eigenvalue weighted by Crippen LogP contribution is 2.27. The minimum absolute atomic E-state index is 0.146. The molecule has 1 aromatic rings. The highest BCUT2D eigenvalue weighted by molar-refractivity contribution is 5.24. The fourth-order valence-corrected chi connectivity index (χ4v) is 4.73. The molecule has 25 heavy (non-hydrogen) atoms. The largest absolute Gasteiger partial charge is 0.394 e. The summed E-state index contributed by atoms with van der Waals surface area (Å²) in [5, 5.41) is 17.4. The van der Waals surface area contributed by atoms with Gasteiger partial charge in [0.1, 0.15) is 0 Å². The molecule has 2 aliphatic rings. The van der Waals surface area contributed by atoms with Gasteiger partial charge in [-0.2, -0.15) is 5.10 Å². The fourth-order valence-electron chi connectivity index (χ4n) is 4.73. The average Bonchev–Trinajstić information content (AvgIpc) is 3.15. The van der Waals surface area contributed by atoms with Crippen molar-refractivity contribution in [2.75, 3.05) is 26.2 Å². The molecule has 2 N–H and O–H groups in total. The molecule has 0 bridgehead atoms. The Bertz CT molecular complexity index is 536. The number of rotatable bonds is 8. The van der Waals surface area contributed by atoms with Gasteiger partial charge in [-0.05, 0) is 52.0 Å². The van der Waals surface area contributed by atoms with Crippen LogP contribution in [0.4, 0.5) is 0 Å². The number of likely N-dealkylation sites (tertiary alicyclic amines) is 1. The zero-order valence-corrected chi connectivity index (χ0v) is 16.1. The van der Waals surface area contributed by atoms with Crippen LogP contribution < -0.4 is 5.32 Å². The number of nitrogens with one attached hydrogen (secondary N) is 1. The Morgan fingerprint density at radius 3 is 2.68 bits per heavy atom. The van der Waals surface area contributed by atoms with Crippen LogP contribution in [0.15, 0.2) is 0 Å². The van der Waals surface area contributed by atoms with Crippen LogP contribution in [-0.4, -0.2) is 52.1 Å². The Labute approximate surface area is 152 Å². The minimum atomic E-state index is 0.146. The van der Waals surface area contributed by atoms with Gasteiger partial charge in [0.15, 0.2) is 0 Å². The number of aryl methyl sites for hydroxylation is 1. The molecule has 5 heteroatoms. The number of aliphatic hydroxyl groups is 1. The monoisotopic (exact) mass is 348 g/mol. The van der Waals surface area contributed by atoms with Crippen molar-refractivity contribution < 1.29 is 5.11 Å². The molecule has 3 rings (SSSR count). The second-order valence-electron chi connectivity index (χ2n) is 8.02. The molecule has 2 heterocycles. The van der Waals surface area contributed by atoms with Crippen LogP contribution in [0.2, 0.25) is 0 Å². The lowest BCUT2D eigenvalue weighted by Gasteiger charge is -2.31. The SMILES string of the molecule is Cc1nn(CCO)c(C)c1CNCC1CCCN1CC1CCCCC1. The minimum Gasteiger partial charge on any atom is -0.394 e. The Morgan fingerprint density at radius 1 is 1.12 bits per heavy atom. The van der Waals surface area contributed by atoms with E-state index in [9.17, 15) is 0 Å². The van der Waals surface area contributed by atoms with Gasteiger partial charge in [0.25, 0.3) is 0 Å². The molecule has 0 spiro atoms. The van der Waals surface area contributed by atoms with Crippen LogP contribution in [-0.2, 0) is 13.1 Å². The summed E-state index contributed by atoms with van der Waals surface area (Å²) in [5.74, 6) is 0.940. The smallest absolute Gasteiger partial charge is 0.0644 e. The normalized spacial score (nSPS) is 22.8. The first-order valence-corrected chi connectivity index (χ1v) is 10.3. The van der Waals surface area contributed by atoms with E-state index >= 15 is 0 Å². The predicted octanol–water partition coefficient (Wildman–Crippen LogP) is 2.63. The molecule has 0 amide bonds. The van der Waals surface area contributed by atoms with Gasteiger partial charge in [-0.15, -0.1) is 0 Å². The number of hydrogen-bond donors (Lipinski definition) is 2. The maximum Gasteiger partial charge on any atom is 0.0644 e. The lowest BCUT2D eigenvalue weighted by atomic mass is 9.89. The lowest BCUT2D eigenvalue weighted by molar-refractivity contribution is 0.184. The molecule has 142 valence electrons. The van der Waals surface area contributed by atoms with Crippen LogP contribution >= 0.6 is 0 Å². The summed E-state index contributed by atoms with van der Waals surface area (Å²) >= 11 is 0. The van der Waals surface area contributed by atoms with E-state index in [1.807, 2.05) is 4.68 Å². The second-order valence-corrected chi connectivity index (χ2v) is 8.02. The summed E-state index contributed by atoms with van der Waals surface area (Å²) < 4.78 is 1.93. The molecule has 1 atom stereocenters. The molecule has 1 saturated carbocycles. The van der Waals surface area contributed by atoms with Crippen LogP contribution in [0.3, 0.4) is 0 Å². The highest BCUT2D eigenvalue weighted by atomic mass is 16.3. The van der Waals surface area contributed by atoms with Crippen molar-refractivity contribution in [2.24, 2.45) is 5.92 Å². The van der Waals surface area contributed by atoms with Crippen LogP contribution in [0, 0.1) is 19.8 Å². The van der Waals surface area contributed by atoms with E-state index in [4.69, 9.17) is 5.11 Å². The molecule has 1 saturated heterocycles. The maximum atomic E-state index is 9.15. The van der Waals surface area contributed by atoms with Crippen molar-refractivity contribution in [1.82, 2.24) is 20.0 Å². The zero-order valence-electron chi connectivity index (χ0n) is 16.1. The molecule has 2 fully saturated rings. The third-order valence-corrected chi connectivity index (χ3v) is 6.24. The van der Waals surface area contributed by atoms with E-state index in [0.29, 0.717) is 12.6 Å². The van der Waals surface area contributed by atoms with Crippen LogP contribution in [0.1, 0.15) is 61.9 Å². The molecule has 1 unspecified atom stereocenters. The van der Waals surface area contributed by atoms with Crippen LogP contribution in [0.25, 0.3) is 0 Å². The summed E-state index contributed by atoms with van der Waals surface area (Å²) in [6.45, 7) is 9.49. The van der Waals surface area contributed by atoms with Gasteiger partial charge in [-0.3, -0.25) is 9.58 Å². The Hall–Kier alpha value is -0.910. The van der Waals surface area contributed by atoms with Gasteiger partial charge in [0.05, 0.1) is 18.8 Å². The summed E-state index contributed by atoms with van der Waals surface area (Å²) in [6.07, 6.45) is 9.91. The van der Waals surface area contributed by atoms with Gasteiger partial charge >= 0.3 is 0 Å². The third kappa shape index (κ3) is 4.83. The Balaban J connectivity index is 1.47. The third-order valence-electron chi connectivity index (χ3n) is 6.24. The standard InChI is InChI=1S/C20H36N4O/c1-16-20(17(2)24(22-16)11-12-25)14-21-13-19-9-6-10-23(19)15-18-7-4-3-5-8-18/h18-19,21,25H,3-15H2,1-2H3. The van der Waals surface area contributed by atoms with E-state index in [0.717, 1.165) is 24.7 Å². The van der Waals surface area contributed by atoms with Crippen molar-refractivity contribution >= 4 is 0 Å². The first-order valence-electron chi connectivity index (χ1n) is 10.3. The lowest BCUT2D eigenvalue weighted by Crippen LogP contribution is -2.40. The van der Waals surface area contributed by atoms with E-state index in [1.54, 1.807) is 0 Å². The fraction of sp³-hybridized carbons (Fsp3) is 0.850. The van der Waals surface area contributed by atoms with E-state index in [1.165, 1.54) is 69.3 Å². The van der Waals surface area contributed by atoms with Gasteiger partial charge < -0.3 is 10.4 Å². The van der Waals surface area contributed by atoms with Crippen molar-refractivity contribution in [3.05, 3.63) is 17.0 Å². The van der Waals surface area contributed by atoms with Crippen molar-refractivity contribution in [3.8, 4) is 0 Å². The highest BCUT2D eigenvalue weighted by Gasteiger charge is 2.27. The van der Waals surface area contributed by atoms with Crippen molar-refractivity contribution in [1.29, 1.82) is 0 Å². The number of hydrogen-bond acceptors (Lipinski definition) is 4. The van der Waals surface area contributed by atoms with E-state index in [2.05, 4.69) is 29.2 Å².